The summed E-state index contributed by atoms with van der Waals surface area (Å²) >= 11 is 1.63. The van der Waals surface area contributed by atoms with Crippen molar-refractivity contribution in [3.8, 4) is 22.5 Å². The van der Waals surface area contributed by atoms with E-state index in [9.17, 15) is 18.0 Å². The van der Waals surface area contributed by atoms with Crippen molar-refractivity contribution in [2.45, 2.75) is 25.2 Å². The molecule has 46 heavy (non-hydrogen) atoms. The molecule has 1 amide bonds. The van der Waals surface area contributed by atoms with Crippen molar-refractivity contribution in [3.05, 3.63) is 137 Å². The summed E-state index contributed by atoms with van der Waals surface area (Å²) in [5.41, 5.74) is 6.76. The van der Waals surface area contributed by atoms with Crippen LogP contribution in [0.4, 0.5) is 5.69 Å². The molecule has 0 radical (unpaired) electrons. The molecule has 2 N–H and O–H groups in total. The molecule has 9 heteroatoms. The Morgan fingerprint density at radius 3 is 2.22 bits per heavy atom. The van der Waals surface area contributed by atoms with Crippen LogP contribution in [0.1, 0.15) is 40.2 Å². The van der Waals surface area contributed by atoms with Crippen LogP contribution in [0.3, 0.4) is 0 Å². The van der Waals surface area contributed by atoms with E-state index in [1.165, 1.54) is 0 Å². The highest BCUT2D eigenvalue weighted by molar-refractivity contribution is 7.85. The van der Waals surface area contributed by atoms with Gasteiger partial charge < -0.3 is 9.73 Å². The molecule has 1 atom stereocenters. The summed E-state index contributed by atoms with van der Waals surface area (Å²) in [5.74, 6) is -0.586. The van der Waals surface area contributed by atoms with Crippen molar-refractivity contribution in [1.29, 1.82) is 0 Å². The molecule has 0 bridgehead atoms. The zero-order chi connectivity index (χ0) is 32.1. The van der Waals surface area contributed by atoms with Gasteiger partial charge in [0.2, 0.25) is 5.91 Å². The predicted molar refractivity (Wildman–Crippen MR) is 183 cm³/mol. The molecule has 0 aliphatic rings. The number of carbonyl (C=O) groups excluding carboxylic acids is 2. The first-order chi connectivity index (χ1) is 22.2. The number of thiophene rings is 1. The summed E-state index contributed by atoms with van der Waals surface area (Å²) in [7, 11) is -4.11. The Hall–Kier alpha value is -4.83. The van der Waals surface area contributed by atoms with E-state index in [4.69, 9.17) is 8.97 Å². The van der Waals surface area contributed by atoms with Gasteiger partial charge in [-0.2, -0.15) is 19.8 Å². The summed E-state index contributed by atoms with van der Waals surface area (Å²) < 4.78 is 36.9. The molecule has 2 aromatic heterocycles. The fourth-order valence-corrected chi connectivity index (χ4v) is 6.57. The molecule has 0 saturated carbocycles. The van der Waals surface area contributed by atoms with Gasteiger partial charge in [-0.1, -0.05) is 66.7 Å². The van der Waals surface area contributed by atoms with E-state index < -0.39 is 21.8 Å². The summed E-state index contributed by atoms with van der Waals surface area (Å²) in [6, 6.07) is 34.5. The number of benzene rings is 4. The van der Waals surface area contributed by atoms with Crippen LogP contribution in [0.2, 0.25) is 0 Å². The Labute approximate surface area is 271 Å². The third-order valence-electron chi connectivity index (χ3n) is 7.87. The number of rotatable bonds is 12. The van der Waals surface area contributed by atoms with Crippen LogP contribution >= 0.6 is 11.3 Å². The second-order valence-electron chi connectivity index (χ2n) is 11.1. The van der Waals surface area contributed by atoms with Gasteiger partial charge in [-0.05, 0) is 88.3 Å². The Kier molecular flexibility index (Phi) is 9.25. The summed E-state index contributed by atoms with van der Waals surface area (Å²) in [5, 5.41) is 8.22. The van der Waals surface area contributed by atoms with E-state index in [0.29, 0.717) is 17.7 Å². The number of carbonyl (C=O) groups is 2. The highest BCUT2D eigenvalue weighted by Gasteiger charge is 2.22. The van der Waals surface area contributed by atoms with E-state index >= 15 is 0 Å². The second-order valence-corrected chi connectivity index (χ2v) is 13.5. The standard InChI is InChI=1S/C37H31NO6S2/c39-34(5-3-21-46(41,42)43)28-9-7-25(8-10-28)22-33(27-13-11-26(12-14-27)31-19-20-45-24-31)37(40)38-32-17-15-29(16-18-32)36-23-30-4-1-2-6-35(30)44-36/h1-2,4,6-20,23-24,33H,3,5,21-22H2,(H,38,40)(H,41,42,43). The van der Waals surface area contributed by atoms with Crippen LogP contribution in [-0.4, -0.2) is 30.4 Å². The lowest BCUT2D eigenvalue weighted by Crippen LogP contribution is -2.23. The fraction of sp³-hybridized carbons (Fsp3) is 0.135. The number of amides is 1. The molecule has 0 aliphatic carbocycles. The molecule has 0 spiro atoms. The largest absolute Gasteiger partial charge is 0.456 e. The van der Waals surface area contributed by atoms with Gasteiger partial charge >= 0.3 is 0 Å². The molecule has 0 fully saturated rings. The van der Waals surface area contributed by atoms with E-state index in [-0.39, 0.29) is 24.5 Å². The van der Waals surface area contributed by atoms with Crippen molar-refractivity contribution in [2.24, 2.45) is 0 Å². The molecule has 6 rings (SSSR count). The lowest BCUT2D eigenvalue weighted by molar-refractivity contribution is -0.117. The van der Waals surface area contributed by atoms with E-state index in [2.05, 4.69) is 16.8 Å². The normalized spacial score (nSPS) is 12.2. The van der Waals surface area contributed by atoms with Crippen LogP contribution in [0.5, 0.6) is 0 Å². The van der Waals surface area contributed by atoms with Gasteiger partial charge in [0.05, 0.1) is 11.7 Å². The average molecular weight is 650 g/mol. The molecule has 7 nitrogen and oxygen atoms in total. The minimum Gasteiger partial charge on any atom is -0.456 e. The first kappa shape index (κ1) is 31.2. The first-order valence-corrected chi connectivity index (χ1v) is 17.4. The quantitative estimate of drug-likeness (QED) is 0.101. The second kappa shape index (κ2) is 13.7. The molecule has 0 saturated heterocycles. The number of furan rings is 1. The van der Waals surface area contributed by atoms with Crippen LogP contribution < -0.4 is 5.32 Å². The summed E-state index contributed by atoms with van der Waals surface area (Å²) in [6.45, 7) is 0. The lowest BCUT2D eigenvalue weighted by Gasteiger charge is -2.18. The molecule has 0 aliphatic heterocycles. The van der Waals surface area contributed by atoms with Crippen LogP contribution in [0.15, 0.2) is 124 Å². The maximum atomic E-state index is 13.8. The number of ketones is 1. The number of Topliss-reactive ketones (excluding diaryl/α,β-unsaturated/α-hetero) is 1. The Balaban J connectivity index is 1.19. The summed E-state index contributed by atoms with van der Waals surface area (Å²) in [6.07, 6.45) is 0.454. The van der Waals surface area contributed by atoms with Crippen LogP contribution in [0, 0.1) is 0 Å². The highest BCUT2D eigenvalue weighted by atomic mass is 32.2. The van der Waals surface area contributed by atoms with Gasteiger partial charge in [0.1, 0.15) is 11.3 Å². The SMILES string of the molecule is O=C(CCCS(=O)(=O)O)c1ccc(CC(C(=O)Nc2ccc(-c3cc4ccccc4o3)cc2)c2ccc(-c3ccsc3)cc2)cc1. The van der Waals surface area contributed by atoms with Crippen molar-refractivity contribution in [1.82, 2.24) is 0 Å². The first-order valence-electron chi connectivity index (χ1n) is 14.8. The zero-order valence-electron chi connectivity index (χ0n) is 24.8. The predicted octanol–water partition coefficient (Wildman–Crippen LogP) is 8.64. The van der Waals surface area contributed by atoms with Crippen molar-refractivity contribution in [3.63, 3.8) is 0 Å². The molecular weight excluding hydrogens is 619 g/mol. The van der Waals surface area contributed by atoms with Gasteiger partial charge in [-0.25, -0.2) is 0 Å². The molecule has 2 heterocycles. The maximum absolute atomic E-state index is 13.8. The molecule has 6 aromatic rings. The van der Waals surface area contributed by atoms with Gasteiger partial charge in [-0.3, -0.25) is 14.1 Å². The van der Waals surface area contributed by atoms with Crippen LogP contribution in [0.25, 0.3) is 33.4 Å². The topological polar surface area (TPSA) is 114 Å². The molecule has 1 unspecified atom stereocenters. The van der Waals surface area contributed by atoms with E-state index in [0.717, 1.165) is 44.5 Å². The van der Waals surface area contributed by atoms with Gasteiger partial charge in [0.15, 0.2) is 5.78 Å². The van der Waals surface area contributed by atoms with Crippen molar-refractivity contribution < 1.29 is 27.0 Å². The maximum Gasteiger partial charge on any atom is 0.264 e. The van der Waals surface area contributed by atoms with Gasteiger partial charge in [0.25, 0.3) is 10.1 Å². The Bertz CT molecular complexity index is 2030. The highest BCUT2D eigenvalue weighted by Crippen LogP contribution is 2.30. The van der Waals surface area contributed by atoms with Crippen molar-refractivity contribution >= 4 is 49.8 Å². The number of fused-ring (bicyclic) bond motifs is 1. The van der Waals surface area contributed by atoms with E-state index in [1.807, 2.05) is 96.4 Å². The molecule has 4 aromatic carbocycles. The zero-order valence-corrected chi connectivity index (χ0v) is 26.4. The molecule has 232 valence electrons. The van der Waals surface area contributed by atoms with E-state index in [1.54, 1.807) is 23.5 Å². The minimum absolute atomic E-state index is 0.00970. The number of anilines is 1. The fourth-order valence-electron chi connectivity index (χ4n) is 5.39. The van der Waals surface area contributed by atoms with Crippen LogP contribution in [-0.2, 0) is 21.3 Å². The monoisotopic (exact) mass is 649 g/mol. The Morgan fingerprint density at radius 1 is 0.826 bits per heavy atom. The minimum atomic E-state index is -4.11. The third kappa shape index (κ3) is 7.69. The third-order valence-corrected chi connectivity index (χ3v) is 9.36. The number of nitrogens with one attached hydrogen (secondary N) is 1. The van der Waals surface area contributed by atoms with Crippen molar-refractivity contribution in [2.75, 3.05) is 11.1 Å². The molecular formula is C37H31NO6S2. The lowest BCUT2D eigenvalue weighted by atomic mass is 9.89. The van der Waals surface area contributed by atoms with Gasteiger partial charge in [-0.15, -0.1) is 0 Å². The number of para-hydroxylation sites is 1. The number of hydrogen-bond donors (Lipinski definition) is 2. The average Bonchev–Trinajstić information content (AvgIpc) is 3.75. The van der Waals surface area contributed by atoms with Gasteiger partial charge in [0, 0.05) is 28.6 Å². The number of hydrogen-bond acceptors (Lipinski definition) is 6. The summed E-state index contributed by atoms with van der Waals surface area (Å²) in [4.78, 5) is 26.4. The smallest absolute Gasteiger partial charge is 0.264 e. The Morgan fingerprint density at radius 2 is 1.54 bits per heavy atom.